The van der Waals surface area contributed by atoms with Crippen molar-refractivity contribution in [2.75, 3.05) is 13.2 Å². The zero-order valence-electron chi connectivity index (χ0n) is 17.7. The number of rotatable bonds is 15. The number of carbonyl (C=O) groups excluding carboxylic acids is 1. The fourth-order valence-electron chi connectivity index (χ4n) is 3.11. The van der Waals surface area contributed by atoms with Crippen LogP contribution in [0.3, 0.4) is 0 Å². The molecule has 0 saturated carbocycles. The molecule has 0 atom stereocenters. The van der Waals surface area contributed by atoms with Crippen molar-refractivity contribution in [1.29, 1.82) is 0 Å². The summed E-state index contributed by atoms with van der Waals surface area (Å²) in [5, 5.41) is 0. The second kappa shape index (κ2) is 12.8. The molecular formula is C22H38FNO3. The monoisotopic (exact) mass is 383 g/mol. The second-order valence-corrected chi connectivity index (χ2v) is 8.12. The molecule has 0 bridgehead atoms. The molecule has 0 saturated heterocycles. The average molecular weight is 384 g/mol. The zero-order valence-corrected chi connectivity index (χ0v) is 17.7. The quantitative estimate of drug-likeness (QED) is 0.249. The summed E-state index contributed by atoms with van der Waals surface area (Å²) in [4.78, 5) is 11.9. The van der Waals surface area contributed by atoms with Crippen LogP contribution in [0.15, 0.2) is 12.3 Å². The summed E-state index contributed by atoms with van der Waals surface area (Å²) in [5.74, 6) is -0.315. The van der Waals surface area contributed by atoms with Crippen molar-refractivity contribution in [3.05, 3.63) is 18.0 Å². The number of aromatic nitrogens is 1. The van der Waals surface area contributed by atoms with Gasteiger partial charge in [0.05, 0.1) is 19.4 Å². The Bertz CT molecular complexity index is 540. The van der Waals surface area contributed by atoms with Gasteiger partial charge < -0.3 is 9.47 Å². The summed E-state index contributed by atoms with van der Waals surface area (Å²) in [7, 11) is 0. The summed E-state index contributed by atoms with van der Waals surface area (Å²) in [6, 6.07) is 1.40. The standard InChI is InChI=1S/C22H38FNO3/c1-5-7-8-9-10-11-12-13-14-15-22(3,4)18-27-19-16-20(24(23)17-19)21(25)26-6-2/h16-17H,5-15,18H2,1-4H3. The lowest BCUT2D eigenvalue weighted by molar-refractivity contribution is 0.0502. The Kier molecular flexibility index (Phi) is 11.1. The van der Waals surface area contributed by atoms with Crippen LogP contribution in [0.2, 0.25) is 0 Å². The first-order valence-corrected chi connectivity index (χ1v) is 10.6. The minimum atomic E-state index is -0.677. The predicted molar refractivity (Wildman–Crippen MR) is 108 cm³/mol. The number of nitrogens with zero attached hydrogens (tertiary/aromatic N) is 1. The van der Waals surface area contributed by atoms with E-state index in [1.54, 1.807) is 6.92 Å². The highest BCUT2D eigenvalue weighted by Gasteiger charge is 2.21. The van der Waals surface area contributed by atoms with Crippen LogP contribution in [-0.2, 0) is 4.74 Å². The molecule has 0 spiro atoms. The van der Waals surface area contributed by atoms with Gasteiger partial charge in [0.2, 0.25) is 0 Å². The molecule has 4 nitrogen and oxygen atoms in total. The van der Waals surface area contributed by atoms with Crippen LogP contribution in [0.4, 0.5) is 4.48 Å². The Labute approximate surface area is 164 Å². The van der Waals surface area contributed by atoms with Gasteiger partial charge in [-0.2, -0.15) is 4.79 Å². The van der Waals surface area contributed by atoms with E-state index in [4.69, 9.17) is 9.47 Å². The number of halogens is 1. The number of ether oxygens (including phenoxy) is 2. The van der Waals surface area contributed by atoms with E-state index >= 15 is 0 Å². The van der Waals surface area contributed by atoms with Crippen LogP contribution < -0.4 is 4.74 Å². The van der Waals surface area contributed by atoms with E-state index in [0.29, 0.717) is 12.4 Å². The van der Waals surface area contributed by atoms with Gasteiger partial charge in [-0.1, -0.05) is 83.0 Å². The van der Waals surface area contributed by atoms with Crippen molar-refractivity contribution in [1.82, 2.24) is 4.79 Å². The van der Waals surface area contributed by atoms with Crippen molar-refractivity contribution in [3.63, 3.8) is 0 Å². The van der Waals surface area contributed by atoms with Crippen LogP contribution in [-0.4, -0.2) is 24.0 Å². The van der Waals surface area contributed by atoms with Crippen LogP contribution >= 0.6 is 0 Å². The first kappa shape index (κ1) is 23.5. The third-order valence-electron chi connectivity index (χ3n) is 4.82. The van der Waals surface area contributed by atoms with Gasteiger partial charge in [0.1, 0.15) is 5.75 Å². The first-order valence-electron chi connectivity index (χ1n) is 10.6. The van der Waals surface area contributed by atoms with Crippen LogP contribution in [0.25, 0.3) is 0 Å². The van der Waals surface area contributed by atoms with E-state index in [-0.39, 0.29) is 22.5 Å². The molecule has 1 aromatic rings. The fraction of sp³-hybridized carbons (Fsp3) is 0.773. The molecule has 1 aromatic heterocycles. The molecule has 0 N–H and O–H groups in total. The Morgan fingerprint density at radius 2 is 1.63 bits per heavy atom. The minimum absolute atomic E-state index is 0.0175. The van der Waals surface area contributed by atoms with E-state index < -0.39 is 5.97 Å². The molecule has 0 aliphatic rings. The maximum Gasteiger partial charge on any atom is 0.357 e. The molecule has 0 amide bonds. The van der Waals surface area contributed by atoms with Crippen molar-refractivity contribution in [3.8, 4) is 5.75 Å². The van der Waals surface area contributed by atoms with Crippen molar-refractivity contribution < 1.29 is 18.7 Å². The fourth-order valence-corrected chi connectivity index (χ4v) is 3.11. The van der Waals surface area contributed by atoms with E-state index in [1.165, 1.54) is 70.1 Å². The van der Waals surface area contributed by atoms with Crippen molar-refractivity contribution in [2.24, 2.45) is 5.41 Å². The van der Waals surface area contributed by atoms with Crippen molar-refractivity contribution in [2.45, 2.75) is 91.9 Å². The lowest BCUT2D eigenvalue weighted by Gasteiger charge is -2.24. The number of hydrogen-bond donors (Lipinski definition) is 0. The molecule has 0 aliphatic carbocycles. The van der Waals surface area contributed by atoms with Crippen LogP contribution in [0.1, 0.15) is 102 Å². The molecular weight excluding hydrogens is 345 g/mol. The van der Waals surface area contributed by atoms with Crippen LogP contribution in [0.5, 0.6) is 5.75 Å². The lowest BCUT2D eigenvalue weighted by atomic mass is 9.87. The zero-order chi connectivity index (χ0) is 20.1. The molecule has 0 aliphatic heterocycles. The molecule has 27 heavy (non-hydrogen) atoms. The minimum Gasteiger partial charge on any atom is -0.491 e. The van der Waals surface area contributed by atoms with Gasteiger partial charge in [0.15, 0.2) is 5.69 Å². The Morgan fingerprint density at radius 3 is 2.22 bits per heavy atom. The van der Waals surface area contributed by atoms with Gasteiger partial charge in [0.25, 0.3) is 0 Å². The number of unbranched alkanes of at least 4 members (excludes halogenated alkanes) is 8. The topological polar surface area (TPSA) is 40.5 Å². The Morgan fingerprint density at radius 1 is 1.04 bits per heavy atom. The van der Waals surface area contributed by atoms with E-state index in [0.717, 1.165) is 6.42 Å². The summed E-state index contributed by atoms with van der Waals surface area (Å²) in [6.07, 6.45) is 14.1. The molecule has 1 rings (SSSR count). The Balaban J connectivity index is 2.23. The third kappa shape index (κ3) is 9.83. The largest absolute Gasteiger partial charge is 0.491 e. The summed E-state index contributed by atoms with van der Waals surface area (Å²) < 4.78 is 24.3. The molecule has 0 aromatic carbocycles. The van der Waals surface area contributed by atoms with Gasteiger partial charge in [-0.15, -0.1) is 0 Å². The first-order chi connectivity index (χ1) is 12.9. The maximum atomic E-state index is 13.8. The number of esters is 1. The summed E-state index contributed by atoms with van der Waals surface area (Å²) >= 11 is 0. The summed E-state index contributed by atoms with van der Waals surface area (Å²) in [6.45, 7) is 8.98. The number of carbonyl (C=O) groups is 1. The van der Waals surface area contributed by atoms with Crippen molar-refractivity contribution >= 4 is 5.97 Å². The highest BCUT2D eigenvalue weighted by Crippen LogP contribution is 2.27. The maximum absolute atomic E-state index is 13.8. The average Bonchev–Trinajstić information content (AvgIpc) is 3.00. The van der Waals surface area contributed by atoms with E-state index in [2.05, 4.69) is 20.8 Å². The van der Waals surface area contributed by atoms with Gasteiger partial charge in [-0.3, -0.25) is 0 Å². The van der Waals surface area contributed by atoms with E-state index in [9.17, 15) is 9.28 Å². The van der Waals surface area contributed by atoms with Gasteiger partial charge in [0, 0.05) is 6.07 Å². The third-order valence-corrected chi connectivity index (χ3v) is 4.82. The molecule has 0 fully saturated rings. The Hall–Kier alpha value is -1.52. The highest BCUT2D eigenvalue weighted by molar-refractivity contribution is 5.88. The molecule has 156 valence electrons. The van der Waals surface area contributed by atoms with Crippen LogP contribution in [0, 0.1) is 5.41 Å². The van der Waals surface area contributed by atoms with Gasteiger partial charge in [-0.05, 0) is 18.8 Å². The molecule has 1 heterocycles. The normalized spacial score (nSPS) is 11.6. The molecule has 5 heteroatoms. The SMILES string of the molecule is CCCCCCCCCCCC(C)(C)COc1cc(C(=O)OCC)n(F)c1. The number of hydrogen-bond acceptors (Lipinski definition) is 3. The smallest absolute Gasteiger partial charge is 0.357 e. The van der Waals surface area contributed by atoms with E-state index in [1.807, 2.05) is 0 Å². The highest BCUT2D eigenvalue weighted by atomic mass is 19.2. The van der Waals surface area contributed by atoms with Gasteiger partial charge >= 0.3 is 5.97 Å². The second-order valence-electron chi connectivity index (χ2n) is 8.12. The lowest BCUT2D eigenvalue weighted by Crippen LogP contribution is -2.21. The molecule has 0 unspecified atom stereocenters. The van der Waals surface area contributed by atoms with Gasteiger partial charge in [-0.25, -0.2) is 4.79 Å². The molecule has 0 radical (unpaired) electrons. The predicted octanol–water partition coefficient (Wildman–Crippen LogP) is 6.72. The summed E-state index contributed by atoms with van der Waals surface area (Å²) in [5.41, 5.74) is -0.118.